The highest BCUT2D eigenvalue weighted by Gasteiger charge is 2.25. The first-order valence-electron chi connectivity index (χ1n) is 29.7. The van der Waals surface area contributed by atoms with Gasteiger partial charge in [-0.2, -0.15) is 0 Å². The van der Waals surface area contributed by atoms with Crippen LogP contribution < -0.4 is 0 Å². The van der Waals surface area contributed by atoms with Crippen LogP contribution >= 0.6 is 0 Å². The van der Waals surface area contributed by atoms with Crippen molar-refractivity contribution in [1.29, 1.82) is 0 Å². The van der Waals surface area contributed by atoms with Crippen LogP contribution in [0.4, 0.5) is 0 Å². The number of aliphatic carboxylic acids is 1. The molecular weight excluding hydrogens is 935 g/mol. The number of carboxylic acids is 1. The van der Waals surface area contributed by atoms with E-state index in [1.807, 2.05) is 21.1 Å². The van der Waals surface area contributed by atoms with Gasteiger partial charge in [0.25, 0.3) is 6.29 Å². The molecule has 0 heterocycles. The van der Waals surface area contributed by atoms with Gasteiger partial charge in [-0.15, -0.1) is 0 Å². The molecule has 0 saturated carbocycles. The third-order valence-electron chi connectivity index (χ3n) is 12.2. The Morgan fingerprint density at radius 2 is 0.720 bits per heavy atom. The van der Waals surface area contributed by atoms with Crippen LogP contribution in [-0.4, -0.2) is 87.4 Å². The van der Waals surface area contributed by atoms with Crippen molar-refractivity contribution in [2.24, 2.45) is 0 Å². The van der Waals surface area contributed by atoms with Gasteiger partial charge in [-0.25, -0.2) is 4.79 Å². The minimum Gasteiger partial charge on any atom is -0.477 e. The number of hydrogen-bond donors (Lipinski definition) is 1. The number of carbonyl (C=O) groups excluding carboxylic acids is 2. The predicted octanol–water partition coefficient (Wildman–Crippen LogP) is 17.7. The lowest BCUT2D eigenvalue weighted by Gasteiger charge is -2.25. The molecule has 0 fully saturated rings. The molecule has 0 bridgehead atoms. The van der Waals surface area contributed by atoms with Gasteiger partial charge in [0, 0.05) is 12.8 Å². The summed E-state index contributed by atoms with van der Waals surface area (Å²) in [6.07, 6.45) is 75.5. The van der Waals surface area contributed by atoms with Gasteiger partial charge in [0.05, 0.1) is 34.4 Å². The zero-order chi connectivity index (χ0) is 54.8. The van der Waals surface area contributed by atoms with Gasteiger partial charge in [0.2, 0.25) is 0 Å². The van der Waals surface area contributed by atoms with Crippen LogP contribution in [0.5, 0.6) is 0 Å². The standard InChI is InChI=1S/C66H109NO8/c1-6-8-10-12-14-16-18-20-22-24-26-28-30-31-32-33-35-37-39-41-43-45-47-49-51-53-55-57-64(69)75-62(61-74-66(65(70)71)72-59-58-67(3,4)5)60-73-63(68)56-54-52-50-48-46-44-42-40-38-36-34-29-27-25-23-21-19-17-15-13-11-9-7-2/h8-11,14-17,20-23,26-29,31-32,35,37,62,66H,6-7,12-13,18-19,24-25,30,33-34,36,38-61H2,1-5H3/p+1/b10-8-,11-9-,16-14-,17-15-,22-20-,23-21-,28-26-,29-27-,32-31-,37-35-. The highest BCUT2D eigenvalue weighted by Crippen LogP contribution is 2.15. The average Bonchev–Trinajstić information content (AvgIpc) is 3.38. The summed E-state index contributed by atoms with van der Waals surface area (Å²) < 4.78 is 22.9. The van der Waals surface area contributed by atoms with E-state index in [9.17, 15) is 19.5 Å². The first-order valence-corrected chi connectivity index (χ1v) is 29.7. The smallest absolute Gasteiger partial charge is 0.361 e. The summed E-state index contributed by atoms with van der Waals surface area (Å²) in [5, 5.41) is 9.71. The second-order valence-electron chi connectivity index (χ2n) is 20.5. The van der Waals surface area contributed by atoms with Gasteiger partial charge < -0.3 is 28.5 Å². The van der Waals surface area contributed by atoms with E-state index in [4.69, 9.17) is 18.9 Å². The molecule has 75 heavy (non-hydrogen) atoms. The second kappa shape index (κ2) is 55.9. The number of likely N-dealkylation sites (N-methyl/N-ethyl adjacent to an activating group) is 1. The number of ether oxygens (including phenoxy) is 4. The Morgan fingerprint density at radius 3 is 1.07 bits per heavy atom. The van der Waals surface area contributed by atoms with E-state index in [2.05, 4.69) is 135 Å². The number of carboxylic acid groups (broad SMARTS) is 1. The fourth-order valence-corrected chi connectivity index (χ4v) is 7.71. The summed E-state index contributed by atoms with van der Waals surface area (Å²) in [7, 11) is 5.96. The van der Waals surface area contributed by atoms with Crippen molar-refractivity contribution in [3.8, 4) is 0 Å². The van der Waals surface area contributed by atoms with Gasteiger partial charge in [0.1, 0.15) is 13.2 Å². The molecule has 0 aliphatic rings. The van der Waals surface area contributed by atoms with Crippen LogP contribution in [-0.2, 0) is 33.3 Å². The Labute approximate surface area is 459 Å². The summed E-state index contributed by atoms with van der Waals surface area (Å²) in [5.74, 6) is -2.03. The number of rotatable bonds is 53. The number of unbranched alkanes of at least 4 members (excludes halogenated alkanes) is 18. The molecule has 0 radical (unpaired) electrons. The van der Waals surface area contributed by atoms with Crippen LogP contribution in [0, 0.1) is 0 Å². The van der Waals surface area contributed by atoms with Crippen molar-refractivity contribution in [2.45, 2.75) is 232 Å². The number of nitrogens with zero attached hydrogens (tertiary/aromatic N) is 1. The lowest BCUT2D eigenvalue weighted by atomic mass is 10.1. The predicted molar refractivity (Wildman–Crippen MR) is 318 cm³/mol. The molecule has 0 rings (SSSR count). The molecule has 0 aliphatic heterocycles. The molecule has 9 nitrogen and oxygen atoms in total. The molecule has 0 aromatic carbocycles. The van der Waals surface area contributed by atoms with E-state index < -0.39 is 24.3 Å². The highest BCUT2D eigenvalue weighted by atomic mass is 16.7. The second-order valence-corrected chi connectivity index (χ2v) is 20.5. The molecule has 9 heteroatoms. The molecule has 2 unspecified atom stereocenters. The normalized spacial score (nSPS) is 13.7. The van der Waals surface area contributed by atoms with Crippen molar-refractivity contribution in [3.05, 3.63) is 122 Å². The van der Waals surface area contributed by atoms with Crippen LogP contribution in [0.1, 0.15) is 219 Å². The first-order chi connectivity index (χ1) is 36.6. The maximum atomic E-state index is 12.9. The Morgan fingerprint density at radius 1 is 0.400 bits per heavy atom. The summed E-state index contributed by atoms with van der Waals surface area (Å²) in [6.45, 7) is 4.63. The van der Waals surface area contributed by atoms with Gasteiger partial charge in [-0.1, -0.05) is 225 Å². The average molecular weight is 1050 g/mol. The number of esters is 2. The van der Waals surface area contributed by atoms with Gasteiger partial charge in [-0.3, -0.25) is 9.59 Å². The van der Waals surface area contributed by atoms with Gasteiger partial charge >= 0.3 is 17.9 Å². The van der Waals surface area contributed by atoms with Gasteiger partial charge in [-0.05, 0) is 103 Å². The topological polar surface area (TPSA) is 108 Å². The maximum Gasteiger partial charge on any atom is 0.361 e. The number of carbonyl (C=O) groups is 3. The number of allylic oxidation sites excluding steroid dienone is 20. The maximum absolute atomic E-state index is 12.9. The Bertz CT molecular complexity index is 1640. The number of hydrogen-bond acceptors (Lipinski definition) is 7. The molecule has 426 valence electrons. The van der Waals surface area contributed by atoms with Crippen LogP contribution in [0.2, 0.25) is 0 Å². The van der Waals surface area contributed by atoms with Crippen molar-refractivity contribution in [2.75, 3.05) is 47.5 Å². The van der Waals surface area contributed by atoms with E-state index in [1.165, 1.54) is 70.6 Å². The van der Waals surface area contributed by atoms with Gasteiger partial charge in [0.15, 0.2) is 6.10 Å². The molecule has 0 aromatic rings. The van der Waals surface area contributed by atoms with Crippen LogP contribution in [0.15, 0.2) is 122 Å². The molecule has 0 aromatic heterocycles. The molecular formula is C66H110NO8+. The fraction of sp³-hybridized carbons (Fsp3) is 0.652. The largest absolute Gasteiger partial charge is 0.477 e. The summed E-state index contributed by atoms with van der Waals surface area (Å²) in [6, 6.07) is 0. The van der Waals surface area contributed by atoms with E-state index in [0.29, 0.717) is 17.4 Å². The zero-order valence-electron chi connectivity index (χ0n) is 48.4. The van der Waals surface area contributed by atoms with Crippen LogP contribution in [0.25, 0.3) is 0 Å². The van der Waals surface area contributed by atoms with E-state index >= 15 is 0 Å². The van der Waals surface area contributed by atoms with E-state index in [-0.39, 0.29) is 38.6 Å². The Kier molecular flexibility index (Phi) is 52.7. The molecule has 0 spiro atoms. The van der Waals surface area contributed by atoms with Crippen molar-refractivity contribution in [1.82, 2.24) is 0 Å². The summed E-state index contributed by atoms with van der Waals surface area (Å²) >= 11 is 0. The third-order valence-corrected chi connectivity index (χ3v) is 12.2. The molecule has 0 saturated heterocycles. The highest BCUT2D eigenvalue weighted by molar-refractivity contribution is 5.71. The molecule has 0 aliphatic carbocycles. The number of quaternary nitrogens is 1. The molecule has 2 atom stereocenters. The minimum atomic E-state index is -1.52. The first kappa shape index (κ1) is 70.7. The lowest BCUT2D eigenvalue weighted by molar-refractivity contribution is -0.870. The van der Waals surface area contributed by atoms with Crippen LogP contribution in [0.3, 0.4) is 0 Å². The van der Waals surface area contributed by atoms with E-state index in [1.54, 1.807) is 0 Å². The van der Waals surface area contributed by atoms with E-state index in [0.717, 1.165) is 116 Å². The minimum absolute atomic E-state index is 0.179. The molecule has 1 N–H and O–H groups in total. The fourth-order valence-electron chi connectivity index (χ4n) is 7.71. The lowest BCUT2D eigenvalue weighted by Crippen LogP contribution is -2.40. The van der Waals surface area contributed by atoms with Crippen molar-refractivity contribution >= 4 is 17.9 Å². The Balaban J connectivity index is 4.29. The monoisotopic (exact) mass is 1040 g/mol. The summed E-state index contributed by atoms with van der Waals surface area (Å²) in [5.41, 5.74) is 0. The third kappa shape index (κ3) is 57.2. The zero-order valence-corrected chi connectivity index (χ0v) is 48.4. The summed E-state index contributed by atoms with van der Waals surface area (Å²) in [4.78, 5) is 37.5. The van der Waals surface area contributed by atoms with Crippen molar-refractivity contribution < 1.29 is 42.9 Å². The SMILES string of the molecule is CC/C=C\C/C=C\C/C=C\C/C=C\C/C=C\C/C=C\CCCCCCCCCCC(=O)OC(COC(=O)CCCCCCCCCCCC/C=C\C/C=C\C/C=C\C/C=C\CC)COC(OCC[N+](C)(C)C)C(=O)O. The quantitative estimate of drug-likeness (QED) is 0.0211. The van der Waals surface area contributed by atoms with Crippen molar-refractivity contribution in [3.63, 3.8) is 0 Å². The molecule has 0 amide bonds. The Hall–Kier alpha value is -4.31.